The maximum atomic E-state index is 11.9. The number of sulfonamides is 1. The predicted molar refractivity (Wildman–Crippen MR) is 52.6 cm³/mol. The van der Waals surface area contributed by atoms with Gasteiger partial charge in [0, 0.05) is 13.1 Å². The number of hydrogen-bond donors (Lipinski definition) is 2. The third-order valence-corrected chi connectivity index (χ3v) is 4.25. The summed E-state index contributed by atoms with van der Waals surface area (Å²) in [6, 6.07) is 1.41. The Morgan fingerprint density at radius 2 is 2.40 bits per heavy atom. The van der Waals surface area contributed by atoms with E-state index in [2.05, 4.69) is 10.2 Å². The van der Waals surface area contributed by atoms with Crippen molar-refractivity contribution in [1.82, 2.24) is 14.5 Å². The van der Waals surface area contributed by atoms with Gasteiger partial charge in [-0.3, -0.25) is 5.10 Å². The van der Waals surface area contributed by atoms with Gasteiger partial charge < -0.3 is 5.11 Å². The van der Waals surface area contributed by atoms with Crippen molar-refractivity contribution < 1.29 is 13.5 Å². The van der Waals surface area contributed by atoms with Crippen LogP contribution in [0.1, 0.15) is 12.8 Å². The van der Waals surface area contributed by atoms with Gasteiger partial charge in [0.15, 0.2) is 5.03 Å². The molecule has 0 amide bonds. The zero-order valence-electron chi connectivity index (χ0n) is 8.13. The molecule has 2 rings (SSSR count). The largest absolute Gasteiger partial charge is 0.392 e. The summed E-state index contributed by atoms with van der Waals surface area (Å²) in [5.74, 6) is 0. The standard InChI is InChI=1S/C8H13N3O3S/c12-7-2-1-5-11(6-7)15(13,14)8-3-4-9-10-8/h3-4,7,12H,1-2,5-6H2,(H,9,10). The third kappa shape index (κ3) is 2.04. The number of hydrogen-bond acceptors (Lipinski definition) is 4. The summed E-state index contributed by atoms with van der Waals surface area (Å²) in [5.41, 5.74) is 0. The van der Waals surface area contributed by atoms with Crippen molar-refractivity contribution in [3.63, 3.8) is 0 Å². The van der Waals surface area contributed by atoms with Crippen LogP contribution in [-0.2, 0) is 10.0 Å². The van der Waals surface area contributed by atoms with Gasteiger partial charge in [-0.15, -0.1) is 0 Å². The van der Waals surface area contributed by atoms with Crippen LogP contribution in [0.4, 0.5) is 0 Å². The van der Waals surface area contributed by atoms with Crippen molar-refractivity contribution >= 4 is 10.0 Å². The van der Waals surface area contributed by atoms with Crippen molar-refractivity contribution in [2.24, 2.45) is 0 Å². The average Bonchev–Trinajstić information content (AvgIpc) is 2.71. The minimum atomic E-state index is -3.50. The van der Waals surface area contributed by atoms with E-state index in [4.69, 9.17) is 0 Å². The highest BCUT2D eigenvalue weighted by Gasteiger charge is 2.30. The molecule has 1 unspecified atom stereocenters. The number of aliphatic hydroxyl groups excluding tert-OH is 1. The quantitative estimate of drug-likeness (QED) is 0.722. The van der Waals surface area contributed by atoms with Gasteiger partial charge >= 0.3 is 0 Å². The minimum Gasteiger partial charge on any atom is -0.392 e. The van der Waals surface area contributed by atoms with Crippen molar-refractivity contribution in [2.45, 2.75) is 24.0 Å². The lowest BCUT2D eigenvalue weighted by Gasteiger charge is -2.28. The van der Waals surface area contributed by atoms with Gasteiger partial charge in [0.05, 0.1) is 12.3 Å². The lowest BCUT2D eigenvalue weighted by molar-refractivity contribution is 0.108. The highest BCUT2D eigenvalue weighted by molar-refractivity contribution is 7.89. The zero-order chi connectivity index (χ0) is 10.9. The normalized spacial score (nSPS) is 24.2. The van der Waals surface area contributed by atoms with Crippen LogP contribution in [0.2, 0.25) is 0 Å². The first-order valence-corrected chi connectivity index (χ1v) is 6.22. The first kappa shape index (κ1) is 10.6. The van der Waals surface area contributed by atoms with Crippen LogP contribution in [0.3, 0.4) is 0 Å². The molecule has 84 valence electrons. The van der Waals surface area contributed by atoms with Crippen LogP contribution in [0.25, 0.3) is 0 Å². The van der Waals surface area contributed by atoms with Crippen LogP contribution < -0.4 is 0 Å². The summed E-state index contributed by atoms with van der Waals surface area (Å²) < 4.78 is 25.2. The molecule has 1 aliphatic rings. The van der Waals surface area contributed by atoms with Crippen molar-refractivity contribution in [2.75, 3.05) is 13.1 Å². The first-order chi connectivity index (χ1) is 7.10. The van der Waals surface area contributed by atoms with E-state index in [0.29, 0.717) is 19.4 Å². The number of β-amino-alcohol motifs (C(OH)–C–C–N with tert-alkyl or cyclic N) is 1. The van der Waals surface area contributed by atoms with E-state index in [9.17, 15) is 13.5 Å². The molecule has 1 atom stereocenters. The Labute approximate surface area is 88.0 Å². The van der Waals surface area contributed by atoms with E-state index in [1.54, 1.807) is 0 Å². The number of H-pyrrole nitrogens is 1. The number of aliphatic hydroxyl groups is 1. The first-order valence-electron chi connectivity index (χ1n) is 4.78. The van der Waals surface area contributed by atoms with Gasteiger partial charge in [-0.25, -0.2) is 8.42 Å². The van der Waals surface area contributed by atoms with Crippen molar-refractivity contribution in [1.29, 1.82) is 0 Å². The molecule has 6 nitrogen and oxygen atoms in total. The topological polar surface area (TPSA) is 86.3 Å². The summed E-state index contributed by atoms with van der Waals surface area (Å²) in [7, 11) is -3.50. The summed E-state index contributed by atoms with van der Waals surface area (Å²) in [6.45, 7) is 0.625. The number of aromatic nitrogens is 2. The minimum absolute atomic E-state index is 0.0802. The van der Waals surface area contributed by atoms with Gasteiger partial charge in [-0.2, -0.15) is 9.40 Å². The second-order valence-corrected chi connectivity index (χ2v) is 5.49. The van der Waals surface area contributed by atoms with Crippen LogP contribution in [0.5, 0.6) is 0 Å². The maximum absolute atomic E-state index is 11.9. The second kappa shape index (κ2) is 3.92. The smallest absolute Gasteiger partial charge is 0.260 e. The van der Waals surface area contributed by atoms with Crippen molar-refractivity contribution in [3.05, 3.63) is 12.3 Å². The average molecular weight is 231 g/mol. The fraction of sp³-hybridized carbons (Fsp3) is 0.625. The van der Waals surface area contributed by atoms with Crippen LogP contribution in [-0.4, -0.2) is 47.2 Å². The van der Waals surface area contributed by atoms with Gasteiger partial charge in [0.2, 0.25) is 0 Å². The third-order valence-electron chi connectivity index (χ3n) is 2.45. The molecule has 1 saturated heterocycles. The molecule has 1 fully saturated rings. The second-order valence-electron chi connectivity index (χ2n) is 3.58. The van der Waals surface area contributed by atoms with E-state index >= 15 is 0 Å². The number of nitrogens with zero attached hydrogens (tertiary/aromatic N) is 2. The number of piperidine rings is 1. The Morgan fingerprint density at radius 1 is 1.60 bits per heavy atom. The summed E-state index contributed by atoms with van der Waals surface area (Å²) in [5, 5.41) is 15.5. The molecular formula is C8H13N3O3S. The summed E-state index contributed by atoms with van der Waals surface area (Å²) in [4.78, 5) is 0. The fourth-order valence-corrected chi connectivity index (χ4v) is 3.08. The number of nitrogens with one attached hydrogen (secondary N) is 1. The van der Waals surface area contributed by atoms with Gasteiger partial charge in [-0.05, 0) is 18.9 Å². The Bertz CT molecular complexity index is 414. The van der Waals surface area contributed by atoms with Gasteiger partial charge in [-0.1, -0.05) is 0 Å². The lowest BCUT2D eigenvalue weighted by Crippen LogP contribution is -2.42. The predicted octanol–water partition coefficient (Wildman–Crippen LogP) is -0.445. The SMILES string of the molecule is O=S(=O)(c1ccn[nH]1)N1CCCC(O)C1. The van der Waals surface area contributed by atoms with Gasteiger partial charge in [0.25, 0.3) is 10.0 Å². The molecule has 0 aromatic carbocycles. The van der Waals surface area contributed by atoms with Crippen LogP contribution in [0.15, 0.2) is 17.3 Å². The van der Waals surface area contributed by atoms with Crippen LogP contribution >= 0.6 is 0 Å². The molecule has 1 aromatic rings. The molecule has 0 bridgehead atoms. The molecule has 15 heavy (non-hydrogen) atoms. The summed E-state index contributed by atoms with van der Waals surface area (Å²) >= 11 is 0. The summed E-state index contributed by atoms with van der Waals surface area (Å²) in [6.07, 6.45) is 2.19. The van der Waals surface area contributed by atoms with Gasteiger partial charge in [0.1, 0.15) is 0 Å². The highest BCUT2D eigenvalue weighted by atomic mass is 32.2. The van der Waals surface area contributed by atoms with E-state index in [0.717, 1.165) is 0 Å². The molecule has 2 heterocycles. The fourth-order valence-electron chi connectivity index (χ4n) is 1.67. The zero-order valence-corrected chi connectivity index (χ0v) is 8.94. The van der Waals surface area contributed by atoms with Crippen molar-refractivity contribution in [3.8, 4) is 0 Å². The number of aromatic amines is 1. The molecule has 2 N–H and O–H groups in total. The Morgan fingerprint density at radius 3 is 3.00 bits per heavy atom. The molecule has 1 aromatic heterocycles. The number of rotatable bonds is 2. The van der Waals surface area contributed by atoms with Crippen LogP contribution in [0, 0.1) is 0 Å². The molecule has 1 aliphatic heterocycles. The monoisotopic (exact) mass is 231 g/mol. The Kier molecular flexibility index (Phi) is 2.76. The molecule has 7 heteroatoms. The molecule has 0 radical (unpaired) electrons. The lowest BCUT2D eigenvalue weighted by atomic mass is 10.1. The van der Waals surface area contributed by atoms with E-state index in [1.165, 1.54) is 16.6 Å². The van der Waals surface area contributed by atoms with E-state index < -0.39 is 16.1 Å². The molecular weight excluding hydrogens is 218 g/mol. The highest BCUT2D eigenvalue weighted by Crippen LogP contribution is 2.18. The van der Waals surface area contributed by atoms with E-state index in [-0.39, 0.29) is 11.6 Å². The Balaban J connectivity index is 2.22. The molecule has 0 aliphatic carbocycles. The Hall–Kier alpha value is -0.920. The molecule has 0 spiro atoms. The maximum Gasteiger partial charge on any atom is 0.260 e. The van der Waals surface area contributed by atoms with E-state index in [1.807, 2.05) is 0 Å². The molecule has 0 saturated carbocycles.